The molecule has 0 unspecified atom stereocenters. The molecule has 0 bridgehead atoms. The summed E-state index contributed by atoms with van der Waals surface area (Å²) in [6, 6.07) is 10.1. The van der Waals surface area contributed by atoms with Crippen LogP contribution in [0.4, 0.5) is 0 Å². The van der Waals surface area contributed by atoms with E-state index in [1.165, 1.54) is 5.56 Å². The monoisotopic (exact) mass is 309 g/mol. The van der Waals surface area contributed by atoms with Crippen LogP contribution >= 0.6 is 0 Å². The maximum absolute atomic E-state index is 12.7. The first-order valence-corrected chi connectivity index (χ1v) is 9.03. The second-order valence-electron chi connectivity index (χ2n) is 5.94. The molecule has 2 N–H and O–H groups in total. The van der Waals surface area contributed by atoms with Gasteiger partial charge in [0.05, 0.1) is 0 Å². The van der Waals surface area contributed by atoms with E-state index in [2.05, 4.69) is 12.1 Å². The fourth-order valence-corrected chi connectivity index (χ4v) is 5.19. The van der Waals surface area contributed by atoms with Crippen LogP contribution in [0.5, 0.6) is 0 Å². The number of hydrogen-bond acceptors (Lipinski definition) is 3. The molecule has 2 aliphatic rings. The van der Waals surface area contributed by atoms with Crippen LogP contribution in [0.1, 0.15) is 24.3 Å². The number of rotatable bonds is 4. The Labute approximate surface area is 126 Å². The van der Waals surface area contributed by atoms with Gasteiger partial charge in [0.1, 0.15) is 0 Å². The fraction of sp³-hybridized carbons (Fsp3) is 0.600. The molecule has 0 radical (unpaired) electrons. The first-order chi connectivity index (χ1) is 10.1. The molecule has 2 atom stereocenters. The van der Waals surface area contributed by atoms with Crippen LogP contribution in [0.3, 0.4) is 0 Å². The summed E-state index contributed by atoms with van der Waals surface area (Å²) in [6.07, 6.45) is 1.94. The lowest BCUT2D eigenvalue weighted by atomic mass is 9.89. The van der Waals surface area contributed by atoms with Gasteiger partial charge >= 0.3 is 0 Å². The van der Waals surface area contributed by atoms with E-state index in [-0.39, 0.29) is 11.8 Å². The zero-order valence-electron chi connectivity index (χ0n) is 12.2. The minimum absolute atomic E-state index is 0.199. The SMILES string of the molecule is NC[C@@H]1CN(S(=O)(=O)N2CCCC2)C[C@H]1c1ccccc1. The Balaban J connectivity index is 1.81. The van der Waals surface area contributed by atoms with Crippen molar-refractivity contribution in [3.05, 3.63) is 35.9 Å². The Morgan fingerprint density at radius 1 is 1.05 bits per heavy atom. The van der Waals surface area contributed by atoms with Gasteiger partial charge in [0.25, 0.3) is 10.2 Å². The molecule has 116 valence electrons. The largest absolute Gasteiger partial charge is 0.330 e. The average molecular weight is 309 g/mol. The van der Waals surface area contributed by atoms with E-state index in [0.717, 1.165) is 12.8 Å². The molecule has 0 saturated carbocycles. The van der Waals surface area contributed by atoms with Crippen molar-refractivity contribution in [1.82, 2.24) is 8.61 Å². The van der Waals surface area contributed by atoms with Crippen molar-refractivity contribution in [3.63, 3.8) is 0 Å². The van der Waals surface area contributed by atoms with Gasteiger partial charge in [-0.2, -0.15) is 17.0 Å². The van der Waals surface area contributed by atoms with Crippen LogP contribution in [0.15, 0.2) is 30.3 Å². The van der Waals surface area contributed by atoms with Crippen molar-refractivity contribution in [2.75, 3.05) is 32.7 Å². The average Bonchev–Trinajstić information content (AvgIpc) is 3.18. The molecule has 2 heterocycles. The lowest BCUT2D eigenvalue weighted by molar-refractivity contribution is 0.390. The van der Waals surface area contributed by atoms with E-state index in [1.807, 2.05) is 18.2 Å². The summed E-state index contributed by atoms with van der Waals surface area (Å²) in [5, 5.41) is 0. The standard InChI is InChI=1S/C15H23N3O2S/c16-10-14-11-18(21(19,20)17-8-4-5-9-17)12-15(14)13-6-2-1-3-7-13/h1-3,6-7,14-15H,4-5,8-12,16H2/t14-,15+/m1/s1. The van der Waals surface area contributed by atoms with Gasteiger partial charge < -0.3 is 5.73 Å². The highest BCUT2D eigenvalue weighted by atomic mass is 32.2. The Hall–Kier alpha value is -0.950. The lowest BCUT2D eigenvalue weighted by Crippen LogP contribution is -2.41. The van der Waals surface area contributed by atoms with E-state index >= 15 is 0 Å². The molecule has 1 aromatic carbocycles. The Kier molecular flexibility index (Phi) is 4.31. The van der Waals surface area contributed by atoms with Crippen LogP contribution in [-0.2, 0) is 10.2 Å². The lowest BCUT2D eigenvalue weighted by Gasteiger charge is -2.23. The van der Waals surface area contributed by atoms with Gasteiger partial charge in [0.15, 0.2) is 0 Å². The number of nitrogens with two attached hydrogens (primary N) is 1. The Bertz CT molecular complexity index is 570. The van der Waals surface area contributed by atoms with E-state index in [1.54, 1.807) is 8.61 Å². The van der Waals surface area contributed by atoms with E-state index < -0.39 is 10.2 Å². The van der Waals surface area contributed by atoms with Crippen LogP contribution in [0, 0.1) is 5.92 Å². The van der Waals surface area contributed by atoms with Gasteiger partial charge in [-0.05, 0) is 30.9 Å². The quantitative estimate of drug-likeness (QED) is 0.902. The third-order valence-electron chi connectivity index (χ3n) is 4.66. The first-order valence-electron chi connectivity index (χ1n) is 7.63. The topological polar surface area (TPSA) is 66.6 Å². The van der Waals surface area contributed by atoms with Crippen LogP contribution in [-0.4, -0.2) is 49.8 Å². The van der Waals surface area contributed by atoms with Crippen LogP contribution in [0.2, 0.25) is 0 Å². The zero-order chi connectivity index (χ0) is 14.9. The van der Waals surface area contributed by atoms with Crippen molar-refractivity contribution in [1.29, 1.82) is 0 Å². The predicted octanol–water partition coefficient (Wildman–Crippen LogP) is 1.00. The van der Waals surface area contributed by atoms with Crippen molar-refractivity contribution >= 4 is 10.2 Å². The summed E-state index contributed by atoms with van der Waals surface area (Å²) in [6.45, 7) is 2.91. The number of hydrogen-bond donors (Lipinski definition) is 1. The maximum atomic E-state index is 12.7. The molecular weight excluding hydrogens is 286 g/mol. The first kappa shape index (κ1) is 15.0. The van der Waals surface area contributed by atoms with Crippen LogP contribution in [0.25, 0.3) is 0 Å². The highest BCUT2D eigenvalue weighted by molar-refractivity contribution is 7.86. The normalized spacial score (nSPS) is 28.2. The third kappa shape index (κ3) is 2.85. The van der Waals surface area contributed by atoms with E-state index in [4.69, 9.17) is 5.73 Å². The van der Waals surface area contributed by atoms with Gasteiger partial charge in [0.2, 0.25) is 0 Å². The zero-order valence-corrected chi connectivity index (χ0v) is 13.0. The molecule has 2 aliphatic heterocycles. The summed E-state index contributed by atoms with van der Waals surface area (Å²) in [5.41, 5.74) is 7.07. The molecule has 0 aromatic heterocycles. The summed E-state index contributed by atoms with van der Waals surface area (Å²) < 4.78 is 28.6. The van der Waals surface area contributed by atoms with Crippen molar-refractivity contribution in [2.45, 2.75) is 18.8 Å². The molecule has 2 saturated heterocycles. The molecular formula is C15H23N3O2S. The van der Waals surface area contributed by atoms with Gasteiger partial charge in [-0.15, -0.1) is 0 Å². The summed E-state index contributed by atoms with van der Waals surface area (Å²) >= 11 is 0. The minimum atomic E-state index is -3.31. The molecule has 0 amide bonds. The van der Waals surface area contributed by atoms with Crippen molar-refractivity contribution < 1.29 is 8.42 Å². The van der Waals surface area contributed by atoms with Gasteiger partial charge in [-0.25, -0.2) is 0 Å². The Morgan fingerprint density at radius 2 is 1.71 bits per heavy atom. The van der Waals surface area contributed by atoms with E-state index in [9.17, 15) is 8.42 Å². The molecule has 5 nitrogen and oxygen atoms in total. The summed E-state index contributed by atoms with van der Waals surface area (Å²) in [5.74, 6) is 0.401. The summed E-state index contributed by atoms with van der Waals surface area (Å²) in [7, 11) is -3.31. The fourth-order valence-electron chi connectivity index (χ4n) is 3.42. The minimum Gasteiger partial charge on any atom is -0.330 e. The molecule has 1 aromatic rings. The van der Waals surface area contributed by atoms with Gasteiger partial charge in [-0.3, -0.25) is 0 Å². The van der Waals surface area contributed by atoms with Crippen molar-refractivity contribution in [2.24, 2.45) is 11.7 Å². The third-order valence-corrected chi connectivity index (χ3v) is 6.62. The van der Waals surface area contributed by atoms with Crippen LogP contribution < -0.4 is 5.73 Å². The molecule has 0 spiro atoms. The number of nitrogens with zero attached hydrogens (tertiary/aromatic N) is 2. The second-order valence-corrected chi connectivity index (χ2v) is 7.87. The second kappa shape index (κ2) is 6.04. The van der Waals surface area contributed by atoms with Gasteiger partial charge in [-0.1, -0.05) is 30.3 Å². The highest BCUT2D eigenvalue weighted by Crippen LogP contribution is 2.34. The van der Waals surface area contributed by atoms with Gasteiger partial charge in [0, 0.05) is 32.1 Å². The molecule has 3 rings (SSSR count). The number of benzene rings is 1. The maximum Gasteiger partial charge on any atom is 0.282 e. The molecule has 0 aliphatic carbocycles. The smallest absolute Gasteiger partial charge is 0.282 e. The van der Waals surface area contributed by atoms with E-state index in [0.29, 0.717) is 32.7 Å². The molecule has 2 fully saturated rings. The highest BCUT2D eigenvalue weighted by Gasteiger charge is 2.41. The summed E-state index contributed by atoms with van der Waals surface area (Å²) in [4.78, 5) is 0. The predicted molar refractivity (Wildman–Crippen MR) is 83.0 cm³/mol. The van der Waals surface area contributed by atoms with Crippen molar-refractivity contribution in [3.8, 4) is 0 Å². The molecule has 6 heteroatoms. The Morgan fingerprint density at radius 3 is 2.33 bits per heavy atom. The molecule has 21 heavy (non-hydrogen) atoms.